The summed E-state index contributed by atoms with van der Waals surface area (Å²) in [6.07, 6.45) is 5.54. The van der Waals surface area contributed by atoms with E-state index in [1.807, 2.05) is 48.6 Å². The van der Waals surface area contributed by atoms with Crippen molar-refractivity contribution in [2.45, 2.75) is 18.7 Å². The summed E-state index contributed by atoms with van der Waals surface area (Å²) >= 11 is 0. The molecule has 0 bridgehead atoms. The van der Waals surface area contributed by atoms with Crippen molar-refractivity contribution >= 4 is 22.3 Å². The van der Waals surface area contributed by atoms with Crippen LogP contribution in [0.3, 0.4) is 0 Å². The van der Waals surface area contributed by atoms with Crippen molar-refractivity contribution in [2.24, 2.45) is 0 Å². The highest BCUT2D eigenvalue weighted by Crippen LogP contribution is 2.13. The van der Waals surface area contributed by atoms with Crippen LogP contribution in [0.25, 0.3) is 12.2 Å². The first kappa shape index (κ1) is 15.4. The van der Waals surface area contributed by atoms with Crippen LogP contribution in [0.15, 0.2) is 54.7 Å². The van der Waals surface area contributed by atoms with Gasteiger partial charge in [0.2, 0.25) is 11.1 Å². The molecule has 0 N–H and O–H groups in total. The Morgan fingerprint density at radius 1 is 1.10 bits per heavy atom. The summed E-state index contributed by atoms with van der Waals surface area (Å²) in [7, 11) is -4.39. The number of aromatic nitrogens is 1. The average molecular weight is 303 g/mol. The van der Waals surface area contributed by atoms with Crippen molar-refractivity contribution in [3.8, 4) is 0 Å². The molecular weight excluding hydrogens is 286 g/mol. The smallest absolute Gasteiger partial charge is 0.246 e. The van der Waals surface area contributed by atoms with Crippen LogP contribution in [0.5, 0.6) is 0 Å². The van der Waals surface area contributed by atoms with Gasteiger partial charge in [0.25, 0.3) is 0 Å². The zero-order chi connectivity index (χ0) is 15.3. The molecule has 21 heavy (non-hydrogen) atoms. The number of hydrogen-bond donors (Lipinski definition) is 0. The van der Waals surface area contributed by atoms with Gasteiger partial charge in [0.05, 0.1) is 0 Å². The third kappa shape index (κ3) is 4.00. The van der Waals surface area contributed by atoms with E-state index in [1.54, 1.807) is 25.3 Å². The van der Waals surface area contributed by atoms with Gasteiger partial charge in [-0.05, 0) is 17.7 Å². The van der Waals surface area contributed by atoms with Crippen molar-refractivity contribution in [2.75, 3.05) is 0 Å². The second kappa shape index (κ2) is 6.65. The summed E-state index contributed by atoms with van der Waals surface area (Å²) in [4.78, 5) is 0. The van der Waals surface area contributed by atoms with Crippen LogP contribution in [-0.2, 0) is 10.1 Å². The number of hydrogen-bond acceptors (Lipinski definition) is 3. The zero-order valence-corrected chi connectivity index (χ0v) is 12.5. The lowest BCUT2D eigenvalue weighted by Crippen LogP contribution is -2.45. The molecule has 0 aliphatic heterocycles. The van der Waals surface area contributed by atoms with Crippen LogP contribution in [-0.4, -0.2) is 13.0 Å². The second-order valence-electron chi connectivity index (χ2n) is 4.63. The van der Waals surface area contributed by atoms with E-state index in [-0.39, 0.29) is 6.42 Å². The molecule has 0 aliphatic carbocycles. The lowest BCUT2D eigenvalue weighted by molar-refractivity contribution is -0.704. The molecule has 2 aromatic rings. The highest BCUT2D eigenvalue weighted by atomic mass is 32.2. The quantitative estimate of drug-likeness (QED) is 0.630. The predicted molar refractivity (Wildman–Crippen MR) is 81.0 cm³/mol. The van der Waals surface area contributed by atoms with Gasteiger partial charge < -0.3 is 4.55 Å². The summed E-state index contributed by atoms with van der Waals surface area (Å²) in [5.41, 5.74) is 1.68. The maximum absolute atomic E-state index is 11.4. The van der Waals surface area contributed by atoms with E-state index in [4.69, 9.17) is 0 Å². The molecule has 0 amide bonds. The van der Waals surface area contributed by atoms with Gasteiger partial charge >= 0.3 is 0 Å². The topological polar surface area (TPSA) is 61.1 Å². The van der Waals surface area contributed by atoms with E-state index in [0.29, 0.717) is 5.69 Å². The molecule has 0 radical (unpaired) electrons. The number of rotatable bonds is 5. The highest BCUT2D eigenvalue weighted by Gasteiger charge is 2.25. The fourth-order valence-electron chi connectivity index (χ4n) is 2.16. The van der Waals surface area contributed by atoms with Gasteiger partial charge in [0, 0.05) is 24.6 Å². The number of nitrogens with zero attached hydrogens (tertiary/aromatic N) is 1. The number of benzene rings is 1. The Bertz CT molecular complexity index is 724. The molecule has 0 spiro atoms. The first-order valence-corrected chi connectivity index (χ1v) is 8.17. The van der Waals surface area contributed by atoms with Crippen LogP contribution >= 0.6 is 0 Å². The van der Waals surface area contributed by atoms with Crippen molar-refractivity contribution in [1.82, 2.24) is 0 Å². The Kier molecular flexibility index (Phi) is 4.88. The molecule has 0 aliphatic rings. The standard InChI is InChI=1S/C16H17NO3S/c1-2-16(21(18,19)20)17-13-7-6-10-15(17)12-11-14-8-4-3-5-9-14/h3-13,16H,2H2,1H3. The van der Waals surface area contributed by atoms with Crippen LogP contribution < -0.4 is 4.57 Å². The van der Waals surface area contributed by atoms with Crippen molar-refractivity contribution < 1.29 is 17.5 Å². The summed E-state index contributed by atoms with van der Waals surface area (Å²) in [6.45, 7) is 1.69. The van der Waals surface area contributed by atoms with Gasteiger partial charge in [-0.2, -0.15) is 4.57 Å². The summed E-state index contributed by atoms with van der Waals surface area (Å²) < 4.78 is 35.7. The predicted octanol–water partition coefficient (Wildman–Crippen LogP) is 2.60. The molecule has 2 rings (SSSR count). The molecule has 1 heterocycles. The normalized spacial score (nSPS) is 13.4. The molecular formula is C16H17NO3S. The maximum atomic E-state index is 11.4. The van der Waals surface area contributed by atoms with Gasteiger partial charge in [-0.25, -0.2) is 8.42 Å². The van der Waals surface area contributed by atoms with E-state index in [1.165, 1.54) is 4.57 Å². The Balaban J connectivity index is 2.40. The summed E-state index contributed by atoms with van der Waals surface area (Å²) in [5, 5.41) is -1.09. The average Bonchev–Trinajstić information content (AvgIpc) is 2.46. The fraction of sp³-hybridized carbons (Fsp3) is 0.188. The van der Waals surface area contributed by atoms with Gasteiger partial charge in [-0.15, -0.1) is 0 Å². The maximum Gasteiger partial charge on any atom is 0.246 e. The Hall–Kier alpha value is -1.98. The van der Waals surface area contributed by atoms with Crippen LogP contribution in [0.4, 0.5) is 0 Å². The second-order valence-corrected chi connectivity index (χ2v) is 6.16. The molecule has 4 nitrogen and oxygen atoms in total. The molecule has 1 aromatic carbocycles. The number of pyridine rings is 1. The molecule has 0 saturated heterocycles. The van der Waals surface area contributed by atoms with E-state index in [9.17, 15) is 13.0 Å². The lowest BCUT2D eigenvalue weighted by Gasteiger charge is -2.15. The van der Waals surface area contributed by atoms with Crippen LogP contribution in [0, 0.1) is 0 Å². The SMILES string of the molecule is CCC([n+]1ccccc1C=Cc1ccccc1)S(=O)(=O)[O-]. The first-order valence-electron chi connectivity index (χ1n) is 6.70. The van der Waals surface area contributed by atoms with E-state index < -0.39 is 15.5 Å². The highest BCUT2D eigenvalue weighted by molar-refractivity contribution is 7.85. The van der Waals surface area contributed by atoms with E-state index in [0.717, 1.165) is 5.56 Å². The molecule has 1 atom stereocenters. The lowest BCUT2D eigenvalue weighted by atomic mass is 10.2. The minimum Gasteiger partial charge on any atom is -0.743 e. The molecule has 0 saturated carbocycles. The Morgan fingerprint density at radius 2 is 1.76 bits per heavy atom. The molecule has 110 valence electrons. The fourth-order valence-corrected chi connectivity index (χ4v) is 3.04. The van der Waals surface area contributed by atoms with Crippen molar-refractivity contribution in [1.29, 1.82) is 0 Å². The Labute approximate surface area is 125 Å². The van der Waals surface area contributed by atoms with Crippen molar-refractivity contribution in [3.63, 3.8) is 0 Å². The summed E-state index contributed by atoms with van der Waals surface area (Å²) in [6, 6.07) is 15.0. The largest absolute Gasteiger partial charge is 0.743 e. The first-order chi connectivity index (χ1) is 10.0. The van der Waals surface area contributed by atoms with Gasteiger partial charge in [0.1, 0.15) is 0 Å². The molecule has 5 heteroatoms. The Morgan fingerprint density at radius 3 is 2.38 bits per heavy atom. The molecule has 0 fully saturated rings. The minimum absolute atomic E-state index is 0.229. The third-order valence-electron chi connectivity index (χ3n) is 3.16. The monoisotopic (exact) mass is 303 g/mol. The van der Waals surface area contributed by atoms with Gasteiger partial charge in [-0.3, -0.25) is 0 Å². The molecule has 1 unspecified atom stereocenters. The summed E-state index contributed by atoms with van der Waals surface area (Å²) in [5.74, 6) is 0. The zero-order valence-electron chi connectivity index (χ0n) is 11.7. The third-order valence-corrected chi connectivity index (χ3v) is 4.39. The van der Waals surface area contributed by atoms with E-state index in [2.05, 4.69) is 0 Å². The van der Waals surface area contributed by atoms with E-state index >= 15 is 0 Å². The van der Waals surface area contributed by atoms with Crippen molar-refractivity contribution in [3.05, 3.63) is 66.0 Å². The minimum atomic E-state index is -4.39. The van der Waals surface area contributed by atoms with Crippen LogP contribution in [0.1, 0.15) is 30.0 Å². The van der Waals surface area contributed by atoms with Gasteiger partial charge in [0.15, 0.2) is 16.3 Å². The van der Waals surface area contributed by atoms with Gasteiger partial charge in [-0.1, -0.05) is 37.3 Å². The van der Waals surface area contributed by atoms with Crippen LogP contribution in [0.2, 0.25) is 0 Å². The molecule has 1 aromatic heterocycles.